The number of alkyl carbamates (subject to hydrolysis) is 1. The lowest BCUT2D eigenvalue weighted by Crippen LogP contribution is -2.47. The summed E-state index contributed by atoms with van der Waals surface area (Å²) in [6.07, 6.45) is -0.594. The number of nitrogens with one attached hydrogen (secondary N) is 1. The second-order valence-corrected chi connectivity index (χ2v) is 6.51. The lowest BCUT2D eigenvalue weighted by molar-refractivity contribution is -0.120. The second-order valence-electron chi connectivity index (χ2n) is 6.51. The molecule has 122 valence electrons. The molecule has 0 aromatic heterocycles. The molecule has 0 aliphatic rings. The Kier molecular flexibility index (Phi) is 5.58. The van der Waals surface area contributed by atoms with Gasteiger partial charge in [0.2, 0.25) is 5.91 Å². The maximum absolute atomic E-state index is 12.5. The summed E-state index contributed by atoms with van der Waals surface area (Å²) in [5, 5.41) is 2.57. The third-order valence-electron chi connectivity index (χ3n) is 3.21. The van der Waals surface area contributed by atoms with E-state index in [0.29, 0.717) is 0 Å². The third kappa shape index (κ3) is 4.76. The van der Waals surface area contributed by atoms with Gasteiger partial charge in [-0.1, -0.05) is 18.2 Å². The molecule has 1 aromatic rings. The van der Waals surface area contributed by atoms with Crippen molar-refractivity contribution >= 4 is 17.7 Å². The molecular formula is C17H26N2O3. The average molecular weight is 306 g/mol. The molecule has 0 heterocycles. The Bertz CT molecular complexity index is 541. The van der Waals surface area contributed by atoms with Gasteiger partial charge in [-0.2, -0.15) is 0 Å². The van der Waals surface area contributed by atoms with Gasteiger partial charge in [0.1, 0.15) is 11.6 Å². The molecule has 0 radical (unpaired) electrons. The number of nitrogens with zero attached hydrogens (tertiary/aromatic N) is 1. The zero-order valence-electron chi connectivity index (χ0n) is 14.5. The largest absolute Gasteiger partial charge is 0.444 e. The van der Waals surface area contributed by atoms with Crippen molar-refractivity contribution in [3.63, 3.8) is 0 Å². The zero-order valence-corrected chi connectivity index (χ0v) is 14.5. The van der Waals surface area contributed by atoms with E-state index in [0.717, 1.165) is 16.8 Å². The topological polar surface area (TPSA) is 58.6 Å². The summed E-state index contributed by atoms with van der Waals surface area (Å²) in [6, 6.07) is 5.20. The summed E-state index contributed by atoms with van der Waals surface area (Å²) in [4.78, 5) is 25.8. The van der Waals surface area contributed by atoms with E-state index in [2.05, 4.69) is 5.32 Å². The van der Waals surface area contributed by atoms with Gasteiger partial charge in [0.15, 0.2) is 0 Å². The van der Waals surface area contributed by atoms with Crippen LogP contribution < -0.4 is 10.2 Å². The van der Waals surface area contributed by atoms with Crippen LogP contribution >= 0.6 is 0 Å². The number of hydrogen-bond donors (Lipinski definition) is 1. The van der Waals surface area contributed by atoms with Crippen molar-refractivity contribution in [1.82, 2.24) is 5.32 Å². The van der Waals surface area contributed by atoms with Crippen molar-refractivity contribution in [2.45, 2.75) is 53.2 Å². The zero-order chi connectivity index (χ0) is 17.1. The third-order valence-corrected chi connectivity index (χ3v) is 3.21. The molecule has 0 spiro atoms. The van der Waals surface area contributed by atoms with E-state index < -0.39 is 17.7 Å². The van der Waals surface area contributed by atoms with E-state index >= 15 is 0 Å². The standard InChI is InChI=1S/C17H26N2O3/c1-11-9-8-10-12(2)14(11)19(7)15(20)13(3)18-16(21)22-17(4,5)6/h8-10,13H,1-7H3,(H,18,21)/t13-/m1/s1. The summed E-state index contributed by atoms with van der Waals surface area (Å²) in [5.41, 5.74) is 2.30. The van der Waals surface area contributed by atoms with Gasteiger partial charge < -0.3 is 15.0 Å². The average Bonchev–Trinajstić information content (AvgIpc) is 2.34. The van der Waals surface area contributed by atoms with Crippen molar-refractivity contribution in [3.05, 3.63) is 29.3 Å². The lowest BCUT2D eigenvalue weighted by Gasteiger charge is -2.26. The molecule has 5 heteroatoms. The van der Waals surface area contributed by atoms with Crippen molar-refractivity contribution in [2.24, 2.45) is 0 Å². The normalized spacial score (nSPS) is 12.5. The Morgan fingerprint density at radius 1 is 1.18 bits per heavy atom. The minimum absolute atomic E-state index is 0.191. The Morgan fingerprint density at radius 3 is 2.14 bits per heavy atom. The molecular weight excluding hydrogens is 280 g/mol. The number of hydrogen-bond acceptors (Lipinski definition) is 3. The Morgan fingerprint density at radius 2 is 1.68 bits per heavy atom. The molecule has 0 aliphatic heterocycles. The van der Waals surface area contributed by atoms with E-state index in [-0.39, 0.29) is 5.91 Å². The number of carbonyl (C=O) groups is 2. The number of anilines is 1. The number of benzene rings is 1. The number of para-hydroxylation sites is 1. The maximum atomic E-state index is 12.5. The van der Waals surface area contributed by atoms with Crippen LogP contribution in [0.15, 0.2) is 18.2 Å². The number of rotatable bonds is 3. The molecule has 0 bridgehead atoms. The van der Waals surface area contributed by atoms with Crippen LogP contribution in [0.25, 0.3) is 0 Å². The smallest absolute Gasteiger partial charge is 0.408 e. The first-order valence-electron chi connectivity index (χ1n) is 7.36. The SMILES string of the molecule is Cc1cccc(C)c1N(C)C(=O)[C@@H](C)NC(=O)OC(C)(C)C. The van der Waals surface area contributed by atoms with Crippen LogP contribution in [-0.4, -0.2) is 30.7 Å². The molecule has 0 fully saturated rings. The van der Waals surface area contributed by atoms with Gasteiger partial charge in [-0.3, -0.25) is 4.79 Å². The van der Waals surface area contributed by atoms with Crippen LogP contribution in [-0.2, 0) is 9.53 Å². The highest BCUT2D eigenvalue weighted by atomic mass is 16.6. The van der Waals surface area contributed by atoms with E-state index in [1.807, 2.05) is 32.0 Å². The van der Waals surface area contributed by atoms with E-state index in [1.54, 1.807) is 39.6 Å². The first kappa shape index (κ1) is 18.0. The van der Waals surface area contributed by atoms with Crippen molar-refractivity contribution in [2.75, 3.05) is 11.9 Å². The molecule has 1 N–H and O–H groups in total. The number of likely N-dealkylation sites (N-methyl/N-ethyl adjacent to an activating group) is 1. The fourth-order valence-electron chi connectivity index (χ4n) is 2.28. The number of amides is 2. The number of aryl methyl sites for hydroxylation is 2. The predicted molar refractivity (Wildman–Crippen MR) is 88.2 cm³/mol. The summed E-state index contributed by atoms with van der Waals surface area (Å²) >= 11 is 0. The molecule has 1 atom stereocenters. The van der Waals surface area contributed by atoms with Gasteiger partial charge in [-0.15, -0.1) is 0 Å². The molecule has 22 heavy (non-hydrogen) atoms. The monoisotopic (exact) mass is 306 g/mol. The first-order valence-corrected chi connectivity index (χ1v) is 7.36. The fraction of sp³-hybridized carbons (Fsp3) is 0.529. The van der Waals surface area contributed by atoms with Crippen molar-refractivity contribution in [1.29, 1.82) is 0 Å². The van der Waals surface area contributed by atoms with Crippen LogP contribution in [0.1, 0.15) is 38.8 Å². The van der Waals surface area contributed by atoms with E-state index in [4.69, 9.17) is 4.74 Å². The Labute approximate surface area is 132 Å². The Balaban J connectivity index is 2.80. The van der Waals surface area contributed by atoms with Gasteiger partial charge in [0, 0.05) is 12.7 Å². The second kappa shape index (κ2) is 6.81. The van der Waals surface area contributed by atoms with Crippen molar-refractivity contribution in [3.8, 4) is 0 Å². The van der Waals surface area contributed by atoms with E-state index in [9.17, 15) is 9.59 Å². The molecule has 0 aliphatic carbocycles. The quantitative estimate of drug-likeness (QED) is 0.933. The summed E-state index contributed by atoms with van der Waals surface area (Å²) < 4.78 is 5.17. The number of carbonyl (C=O) groups excluding carboxylic acids is 2. The fourth-order valence-corrected chi connectivity index (χ4v) is 2.28. The van der Waals surface area contributed by atoms with Crippen LogP contribution in [0.3, 0.4) is 0 Å². The van der Waals surface area contributed by atoms with Gasteiger partial charge in [-0.25, -0.2) is 4.79 Å². The van der Waals surface area contributed by atoms with Crippen LogP contribution in [0.5, 0.6) is 0 Å². The molecule has 0 unspecified atom stereocenters. The summed E-state index contributed by atoms with van der Waals surface area (Å²) in [6.45, 7) is 10.9. The number of ether oxygens (including phenoxy) is 1. The van der Waals surface area contributed by atoms with Gasteiger partial charge in [0.25, 0.3) is 0 Å². The lowest BCUT2D eigenvalue weighted by atomic mass is 10.1. The highest BCUT2D eigenvalue weighted by Gasteiger charge is 2.24. The van der Waals surface area contributed by atoms with Crippen LogP contribution in [0.2, 0.25) is 0 Å². The van der Waals surface area contributed by atoms with Gasteiger partial charge in [-0.05, 0) is 52.7 Å². The molecule has 1 rings (SSSR count). The summed E-state index contributed by atoms with van der Waals surface area (Å²) in [7, 11) is 1.71. The first-order chi connectivity index (χ1) is 10.0. The minimum atomic E-state index is -0.668. The summed E-state index contributed by atoms with van der Waals surface area (Å²) in [5.74, 6) is -0.191. The predicted octanol–water partition coefficient (Wildman–Crippen LogP) is 3.18. The maximum Gasteiger partial charge on any atom is 0.408 e. The molecule has 5 nitrogen and oxygen atoms in total. The van der Waals surface area contributed by atoms with Crippen LogP contribution in [0.4, 0.5) is 10.5 Å². The molecule has 1 aromatic carbocycles. The van der Waals surface area contributed by atoms with E-state index in [1.165, 1.54) is 0 Å². The Hall–Kier alpha value is -2.04. The van der Waals surface area contributed by atoms with Crippen LogP contribution in [0, 0.1) is 13.8 Å². The van der Waals surface area contributed by atoms with Gasteiger partial charge >= 0.3 is 6.09 Å². The van der Waals surface area contributed by atoms with Crippen molar-refractivity contribution < 1.29 is 14.3 Å². The van der Waals surface area contributed by atoms with Gasteiger partial charge in [0.05, 0.1) is 0 Å². The highest BCUT2D eigenvalue weighted by molar-refractivity contribution is 5.99. The molecule has 0 saturated carbocycles. The molecule has 0 saturated heterocycles. The molecule has 2 amide bonds. The minimum Gasteiger partial charge on any atom is -0.444 e. The highest BCUT2D eigenvalue weighted by Crippen LogP contribution is 2.23.